The summed E-state index contributed by atoms with van der Waals surface area (Å²) in [7, 11) is -3.89. The molecular formula is C23H23ClN2O3S. The van der Waals surface area contributed by atoms with Gasteiger partial charge in [-0.25, -0.2) is 8.42 Å². The zero-order valence-electron chi connectivity index (χ0n) is 17.2. The molecule has 0 radical (unpaired) electrons. The molecule has 0 amide bonds. The van der Waals surface area contributed by atoms with Crippen LogP contribution >= 0.6 is 11.6 Å². The Morgan fingerprint density at radius 2 is 1.67 bits per heavy atom. The number of sulfonamides is 1. The number of ketones is 1. The maximum Gasteiger partial charge on any atom is 0.261 e. The SMILES string of the molecule is Cc1cnccc1C(=O)c1cc(Cl)ccc1NS(=O)(=O)c1ccc(C(C)(C)C)cc1. The van der Waals surface area contributed by atoms with Gasteiger partial charge >= 0.3 is 0 Å². The highest BCUT2D eigenvalue weighted by atomic mass is 35.5. The smallest absolute Gasteiger partial charge is 0.261 e. The van der Waals surface area contributed by atoms with Crippen LogP contribution in [0.4, 0.5) is 5.69 Å². The van der Waals surface area contributed by atoms with Crippen LogP contribution in [0.2, 0.25) is 5.02 Å². The zero-order valence-corrected chi connectivity index (χ0v) is 18.8. The topological polar surface area (TPSA) is 76.1 Å². The van der Waals surface area contributed by atoms with E-state index in [2.05, 4.69) is 30.5 Å². The molecule has 0 bridgehead atoms. The van der Waals surface area contributed by atoms with E-state index in [9.17, 15) is 13.2 Å². The first-order chi connectivity index (χ1) is 14.0. The molecule has 3 aromatic rings. The predicted octanol–water partition coefficient (Wildman–Crippen LogP) is 5.37. The molecule has 1 N–H and O–H groups in total. The van der Waals surface area contributed by atoms with Gasteiger partial charge in [-0.05, 0) is 59.9 Å². The molecule has 2 aromatic carbocycles. The van der Waals surface area contributed by atoms with Crippen LogP contribution in [0, 0.1) is 6.92 Å². The van der Waals surface area contributed by atoms with E-state index >= 15 is 0 Å². The molecule has 0 fully saturated rings. The zero-order chi connectivity index (χ0) is 22.1. The fourth-order valence-corrected chi connectivity index (χ4v) is 4.26. The molecule has 1 heterocycles. The summed E-state index contributed by atoms with van der Waals surface area (Å²) in [5.41, 5.74) is 2.40. The summed E-state index contributed by atoms with van der Waals surface area (Å²) in [6, 6.07) is 12.8. The number of carbonyl (C=O) groups is 1. The van der Waals surface area contributed by atoms with Gasteiger partial charge in [-0.3, -0.25) is 14.5 Å². The van der Waals surface area contributed by atoms with Gasteiger partial charge in [0.15, 0.2) is 5.78 Å². The van der Waals surface area contributed by atoms with E-state index in [0.29, 0.717) is 16.1 Å². The summed E-state index contributed by atoms with van der Waals surface area (Å²) < 4.78 is 28.5. The Balaban J connectivity index is 1.99. The maximum absolute atomic E-state index is 13.1. The average Bonchev–Trinajstić information content (AvgIpc) is 2.68. The van der Waals surface area contributed by atoms with E-state index in [-0.39, 0.29) is 27.3 Å². The number of carbonyl (C=O) groups excluding carboxylic acids is 1. The molecule has 30 heavy (non-hydrogen) atoms. The van der Waals surface area contributed by atoms with Gasteiger partial charge in [-0.15, -0.1) is 0 Å². The Morgan fingerprint density at radius 1 is 1.00 bits per heavy atom. The van der Waals surface area contributed by atoms with Crippen molar-refractivity contribution < 1.29 is 13.2 Å². The summed E-state index contributed by atoms with van der Waals surface area (Å²) in [6.07, 6.45) is 3.10. The molecule has 0 aliphatic rings. The largest absolute Gasteiger partial charge is 0.289 e. The Bertz CT molecular complexity index is 1200. The molecule has 0 unspecified atom stereocenters. The number of aromatic nitrogens is 1. The fraction of sp³-hybridized carbons (Fsp3) is 0.217. The third-order valence-electron chi connectivity index (χ3n) is 4.77. The lowest BCUT2D eigenvalue weighted by atomic mass is 9.87. The second-order valence-electron chi connectivity index (χ2n) is 8.09. The number of nitrogens with one attached hydrogen (secondary N) is 1. The fourth-order valence-electron chi connectivity index (χ4n) is 3.00. The number of halogens is 1. The average molecular weight is 443 g/mol. The van der Waals surface area contributed by atoms with Crippen molar-refractivity contribution in [3.8, 4) is 0 Å². The Labute approximate surface area is 182 Å². The van der Waals surface area contributed by atoms with Crippen LogP contribution in [0.25, 0.3) is 0 Å². The molecular weight excluding hydrogens is 420 g/mol. The van der Waals surface area contributed by atoms with Crippen molar-refractivity contribution in [1.82, 2.24) is 4.98 Å². The molecule has 156 valence electrons. The van der Waals surface area contributed by atoms with Gasteiger partial charge in [0, 0.05) is 28.5 Å². The first-order valence-electron chi connectivity index (χ1n) is 9.37. The molecule has 0 atom stereocenters. The van der Waals surface area contributed by atoms with Crippen molar-refractivity contribution >= 4 is 33.1 Å². The van der Waals surface area contributed by atoms with Crippen molar-refractivity contribution in [2.45, 2.75) is 38.0 Å². The number of rotatable bonds is 5. The van der Waals surface area contributed by atoms with Crippen molar-refractivity contribution in [3.05, 3.63) is 88.2 Å². The highest BCUT2D eigenvalue weighted by Gasteiger charge is 2.22. The van der Waals surface area contributed by atoms with Crippen molar-refractivity contribution in [3.63, 3.8) is 0 Å². The first kappa shape index (κ1) is 22.0. The minimum atomic E-state index is -3.89. The maximum atomic E-state index is 13.1. The summed E-state index contributed by atoms with van der Waals surface area (Å²) in [5.74, 6) is -0.335. The number of hydrogen-bond donors (Lipinski definition) is 1. The summed E-state index contributed by atoms with van der Waals surface area (Å²) >= 11 is 6.09. The van der Waals surface area contributed by atoms with E-state index in [1.807, 2.05) is 0 Å². The van der Waals surface area contributed by atoms with Gasteiger partial charge in [0.1, 0.15) is 0 Å². The van der Waals surface area contributed by atoms with Crippen molar-refractivity contribution in [2.75, 3.05) is 4.72 Å². The standard InChI is InChI=1S/C23H23ClN2O3S/c1-15-14-25-12-11-19(15)22(27)20-13-17(24)7-10-21(20)26-30(28,29)18-8-5-16(6-9-18)23(2,3)4/h5-14,26H,1-4H3. The molecule has 0 saturated heterocycles. The molecule has 3 rings (SSSR count). The minimum absolute atomic E-state index is 0.0894. The molecule has 0 saturated carbocycles. The van der Waals surface area contributed by atoms with Gasteiger partial charge < -0.3 is 0 Å². The highest BCUT2D eigenvalue weighted by Crippen LogP contribution is 2.28. The van der Waals surface area contributed by atoms with Gasteiger partial charge in [-0.1, -0.05) is 44.5 Å². The van der Waals surface area contributed by atoms with Crippen LogP contribution < -0.4 is 4.72 Å². The van der Waals surface area contributed by atoms with Crippen molar-refractivity contribution in [1.29, 1.82) is 0 Å². The quantitative estimate of drug-likeness (QED) is 0.538. The molecule has 7 heteroatoms. The van der Waals surface area contributed by atoms with Crippen LogP contribution in [-0.2, 0) is 15.4 Å². The van der Waals surface area contributed by atoms with E-state index in [0.717, 1.165) is 5.56 Å². The normalized spacial score (nSPS) is 11.9. The van der Waals surface area contributed by atoms with Crippen LogP contribution in [0.5, 0.6) is 0 Å². The lowest BCUT2D eigenvalue weighted by Gasteiger charge is -2.19. The van der Waals surface area contributed by atoms with Crippen LogP contribution in [0.15, 0.2) is 65.8 Å². The highest BCUT2D eigenvalue weighted by molar-refractivity contribution is 7.92. The lowest BCUT2D eigenvalue weighted by molar-refractivity contribution is 0.103. The van der Waals surface area contributed by atoms with E-state index in [1.165, 1.54) is 24.4 Å². The second kappa shape index (κ2) is 8.20. The third-order valence-corrected chi connectivity index (χ3v) is 6.38. The van der Waals surface area contributed by atoms with Gasteiger partial charge in [0.05, 0.1) is 10.6 Å². The Morgan fingerprint density at radius 3 is 2.27 bits per heavy atom. The van der Waals surface area contributed by atoms with Gasteiger partial charge in [0.2, 0.25) is 0 Å². The van der Waals surface area contributed by atoms with Gasteiger partial charge in [-0.2, -0.15) is 0 Å². The van der Waals surface area contributed by atoms with Crippen molar-refractivity contribution in [2.24, 2.45) is 0 Å². The minimum Gasteiger partial charge on any atom is -0.289 e. The summed E-state index contributed by atoms with van der Waals surface area (Å²) in [6.45, 7) is 7.94. The predicted molar refractivity (Wildman–Crippen MR) is 120 cm³/mol. The molecule has 0 aliphatic heterocycles. The Kier molecular flexibility index (Phi) is 6.01. The molecule has 0 spiro atoms. The van der Waals surface area contributed by atoms with E-state index in [4.69, 9.17) is 11.6 Å². The lowest BCUT2D eigenvalue weighted by Crippen LogP contribution is -2.17. The Hall–Kier alpha value is -2.70. The molecule has 1 aromatic heterocycles. The third kappa shape index (κ3) is 4.71. The second-order valence-corrected chi connectivity index (χ2v) is 10.2. The van der Waals surface area contributed by atoms with Gasteiger partial charge in [0.25, 0.3) is 10.0 Å². The number of pyridine rings is 1. The van der Waals surface area contributed by atoms with Crippen LogP contribution in [-0.4, -0.2) is 19.2 Å². The van der Waals surface area contributed by atoms with Crippen LogP contribution in [0.3, 0.4) is 0 Å². The monoisotopic (exact) mass is 442 g/mol. The molecule has 0 aliphatic carbocycles. The summed E-state index contributed by atoms with van der Waals surface area (Å²) in [4.78, 5) is 17.2. The van der Waals surface area contributed by atoms with E-state index < -0.39 is 10.0 Å². The van der Waals surface area contributed by atoms with E-state index in [1.54, 1.807) is 43.5 Å². The number of nitrogens with zero attached hydrogens (tertiary/aromatic N) is 1. The number of anilines is 1. The number of benzene rings is 2. The number of aryl methyl sites for hydroxylation is 1. The number of hydrogen-bond acceptors (Lipinski definition) is 4. The first-order valence-corrected chi connectivity index (χ1v) is 11.2. The summed E-state index contributed by atoms with van der Waals surface area (Å²) in [5, 5.41) is 0.336. The van der Waals surface area contributed by atoms with Crippen LogP contribution in [0.1, 0.15) is 47.8 Å². The molecule has 5 nitrogen and oxygen atoms in total.